The third-order valence-electron chi connectivity index (χ3n) is 5.37. The van der Waals surface area contributed by atoms with E-state index in [4.69, 9.17) is 20.8 Å². The second-order valence-corrected chi connectivity index (χ2v) is 7.79. The smallest absolute Gasteiger partial charge is 0.336 e. The predicted molar refractivity (Wildman–Crippen MR) is 115 cm³/mol. The summed E-state index contributed by atoms with van der Waals surface area (Å²) in [6, 6.07) is 10.4. The van der Waals surface area contributed by atoms with Crippen LogP contribution in [0, 0.1) is 5.92 Å². The fourth-order valence-corrected chi connectivity index (χ4v) is 3.85. The molecule has 4 rings (SSSR count). The van der Waals surface area contributed by atoms with Crippen LogP contribution in [-0.2, 0) is 11.3 Å². The zero-order chi connectivity index (χ0) is 21.1. The maximum Gasteiger partial charge on any atom is 0.336 e. The normalized spacial score (nSPS) is 15.3. The number of methoxy groups -OCH3 is 1. The molecule has 156 valence electrons. The van der Waals surface area contributed by atoms with Crippen LogP contribution < -0.4 is 15.7 Å². The monoisotopic (exact) mass is 427 g/mol. The van der Waals surface area contributed by atoms with E-state index in [0.717, 1.165) is 36.9 Å². The number of hydrogen-bond donors (Lipinski definition) is 1. The Kier molecular flexibility index (Phi) is 6.01. The molecule has 0 saturated carbocycles. The second kappa shape index (κ2) is 8.85. The van der Waals surface area contributed by atoms with Crippen molar-refractivity contribution in [3.63, 3.8) is 0 Å². The van der Waals surface area contributed by atoms with Crippen molar-refractivity contribution < 1.29 is 13.9 Å². The summed E-state index contributed by atoms with van der Waals surface area (Å²) >= 11 is 5.83. The first-order chi connectivity index (χ1) is 14.5. The number of anilines is 1. The number of hydrogen-bond acceptors (Lipinski definition) is 6. The SMILES string of the molecule is COc1ccc2c(CN3CCC(C(=O)Nc4ccc(Cl)cn4)CC3)cc(=O)oc2c1. The van der Waals surface area contributed by atoms with Gasteiger partial charge in [-0.05, 0) is 55.8 Å². The van der Waals surface area contributed by atoms with E-state index in [1.54, 1.807) is 31.4 Å². The largest absolute Gasteiger partial charge is 0.497 e. The van der Waals surface area contributed by atoms with Crippen LogP contribution >= 0.6 is 11.6 Å². The Morgan fingerprint density at radius 3 is 2.77 bits per heavy atom. The third kappa shape index (κ3) is 4.63. The fraction of sp³-hybridized carbons (Fsp3) is 0.318. The highest BCUT2D eigenvalue weighted by molar-refractivity contribution is 6.30. The standard InChI is InChI=1S/C22H22ClN3O4/c1-29-17-3-4-18-15(10-21(27)30-19(18)11-17)13-26-8-6-14(7-9-26)22(28)25-20-5-2-16(23)12-24-20/h2-5,10-12,14H,6-9,13H2,1H3,(H,24,25,28). The number of rotatable bonds is 5. The molecule has 3 heterocycles. The van der Waals surface area contributed by atoms with Gasteiger partial charge in [0.25, 0.3) is 0 Å². The van der Waals surface area contributed by atoms with Gasteiger partial charge < -0.3 is 14.5 Å². The summed E-state index contributed by atoms with van der Waals surface area (Å²) in [5.41, 5.74) is 1.05. The first kappa shape index (κ1) is 20.4. The minimum Gasteiger partial charge on any atom is -0.497 e. The van der Waals surface area contributed by atoms with Gasteiger partial charge in [0.2, 0.25) is 5.91 Å². The minimum atomic E-state index is -0.379. The van der Waals surface area contributed by atoms with Gasteiger partial charge in [-0.1, -0.05) is 11.6 Å². The number of pyridine rings is 1. The van der Waals surface area contributed by atoms with Crippen molar-refractivity contribution in [2.45, 2.75) is 19.4 Å². The van der Waals surface area contributed by atoms with Crippen molar-refractivity contribution in [3.8, 4) is 5.75 Å². The second-order valence-electron chi connectivity index (χ2n) is 7.35. The van der Waals surface area contributed by atoms with Gasteiger partial charge in [0, 0.05) is 36.2 Å². The molecule has 0 unspecified atom stereocenters. The molecule has 1 aliphatic heterocycles. The van der Waals surface area contributed by atoms with Crippen molar-refractivity contribution in [2.75, 3.05) is 25.5 Å². The van der Waals surface area contributed by atoms with Crippen molar-refractivity contribution in [1.29, 1.82) is 0 Å². The number of aromatic nitrogens is 1. The first-order valence-electron chi connectivity index (χ1n) is 9.77. The van der Waals surface area contributed by atoms with Crippen molar-refractivity contribution in [1.82, 2.24) is 9.88 Å². The lowest BCUT2D eigenvalue weighted by atomic mass is 9.95. The van der Waals surface area contributed by atoms with Crippen LogP contribution in [-0.4, -0.2) is 36.0 Å². The molecule has 1 amide bonds. The molecular formula is C22H22ClN3O4. The number of halogens is 1. The van der Waals surface area contributed by atoms with Crippen molar-refractivity contribution in [2.24, 2.45) is 5.92 Å². The molecule has 30 heavy (non-hydrogen) atoms. The number of amides is 1. The Morgan fingerprint density at radius 2 is 2.07 bits per heavy atom. The van der Waals surface area contributed by atoms with E-state index in [-0.39, 0.29) is 17.5 Å². The summed E-state index contributed by atoms with van der Waals surface area (Å²) < 4.78 is 10.5. The van der Waals surface area contributed by atoms with E-state index in [9.17, 15) is 9.59 Å². The number of fused-ring (bicyclic) bond motifs is 1. The maximum absolute atomic E-state index is 12.5. The summed E-state index contributed by atoms with van der Waals surface area (Å²) in [7, 11) is 1.58. The van der Waals surface area contributed by atoms with E-state index >= 15 is 0 Å². The molecule has 1 fully saturated rings. The third-order valence-corrected chi connectivity index (χ3v) is 5.59. The molecule has 1 aliphatic rings. The zero-order valence-electron chi connectivity index (χ0n) is 16.6. The average molecular weight is 428 g/mol. The van der Waals surface area contributed by atoms with Gasteiger partial charge in [0.05, 0.1) is 12.1 Å². The number of nitrogens with one attached hydrogen (secondary N) is 1. The molecule has 7 nitrogen and oxygen atoms in total. The summed E-state index contributed by atoms with van der Waals surface area (Å²) in [6.07, 6.45) is 3.00. The summed E-state index contributed by atoms with van der Waals surface area (Å²) in [6.45, 7) is 2.16. The first-order valence-corrected chi connectivity index (χ1v) is 10.1. The lowest BCUT2D eigenvalue weighted by Crippen LogP contribution is -2.38. The maximum atomic E-state index is 12.5. The number of piperidine rings is 1. The van der Waals surface area contributed by atoms with Crippen LogP contribution in [0.1, 0.15) is 18.4 Å². The highest BCUT2D eigenvalue weighted by atomic mass is 35.5. The van der Waals surface area contributed by atoms with E-state index in [1.807, 2.05) is 12.1 Å². The topological polar surface area (TPSA) is 84.7 Å². The van der Waals surface area contributed by atoms with Gasteiger partial charge in [-0.2, -0.15) is 0 Å². The molecule has 0 radical (unpaired) electrons. The number of carbonyl (C=O) groups excluding carboxylic acids is 1. The number of likely N-dealkylation sites (tertiary alicyclic amines) is 1. The predicted octanol–water partition coefficient (Wildman–Crippen LogP) is 3.70. The molecule has 0 spiro atoms. The van der Waals surface area contributed by atoms with Crippen LogP contribution in [0.5, 0.6) is 5.75 Å². The van der Waals surface area contributed by atoms with Crippen LogP contribution in [0.25, 0.3) is 11.0 Å². The lowest BCUT2D eigenvalue weighted by Gasteiger charge is -2.31. The van der Waals surface area contributed by atoms with Crippen LogP contribution in [0.4, 0.5) is 5.82 Å². The minimum absolute atomic E-state index is 0.0256. The number of ether oxygens (including phenoxy) is 1. The van der Waals surface area contributed by atoms with Gasteiger partial charge in [0.1, 0.15) is 17.2 Å². The molecule has 1 saturated heterocycles. The Hall–Kier alpha value is -2.90. The molecule has 0 bridgehead atoms. The number of carbonyl (C=O) groups is 1. The van der Waals surface area contributed by atoms with Gasteiger partial charge >= 0.3 is 5.63 Å². The Labute approximate surface area is 178 Å². The number of nitrogens with zero attached hydrogens (tertiary/aromatic N) is 2. The van der Waals surface area contributed by atoms with E-state index in [1.165, 1.54) is 6.20 Å². The van der Waals surface area contributed by atoms with Gasteiger partial charge in [-0.3, -0.25) is 9.69 Å². The molecule has 3 aromatic rings. The van der Waals surface area contributed by atoms with Crippen molar-refractivity contribution in [3.05, 3.63) is 63.6 Å². The summed E-state index contributed by atoms with van der Waals surface area (Å²) in [5, 5.41) is 4.28. The quantitative estimate of drug-likeness (QED) is 0.625. The molecule has 1 aromatic carbocycles. The molecule has 0 aliphatic carbocycles. The molecule has 8 heteroatoms. The highest BCUT2D eigenvalue weighted by Crippen LogP contribution is 2.26. The van der Waals surface area contributed by atoms with Crippen molar-refractivity contribution >= 4 is 34.3 Å². The highest BCUT2D eigenvalue weighted by Gasteiger charge is 2.25. The average Bonchev–Trinajstić information content (AvgIpc) is 2.75. The van der Waals surface area contributed by atoms with Crippen LogP contribution in [0.15, 0.2) is 51.8 Å². The Balaban J connectivity index is 1.39. The van der Waals surface area contributed by atoms with Crippen LogP contribution in [0.3, 0.4) is 0 Å². The Morgan fingerprint density at radius 1 is 1.27 bits per heavy atom. The fourth-order valence-electron chi connectivity index (χ4n) is 3.74. The molecule has 0 atom stereocenters. The lowest BCUT2D eigenvalue weighted by molar-refractivity contribution is -0.121. The molecule has 2 aromatic heterocycles. The Bertz CT molecular complexity index is 1110. The summed E-state index contributed by atoms with van der Waals surface area (Å²) in [5.74, 6) is 1.05. The molecule has 1 N–H and O–H groups in total. The van der Waals surface area contributed by atoms with E-state index in [2.05, 4.69) is 15.2 Å². The van der Waals surface area contributed by atoms with Crippen LogP contribution in [0.2, 0.25) is 5.02 Å². The number of benzene rings is 1. The van der Waals surface area contributed by atoms with E-state index in [0.29, 0.717) is 28.7 Å². The van der Waals surface area contributed by atoms with E-state index < -0.39 is 0 Å². The zero-order valence-corrected chi connectivity index (χ0v) is 17.3. The van der Waals surface area contributed by atoms with Gasteiger partial charge in [0.15, 0.2) is 0 Å². The molecular weight excluding hydrogens is 406 g/mol. The van der Waals surface area contributed by atoms with Gasteiger partial charge in [-0.25, -0.2) is 9.78 Å². The van der Waals surface area contributed by atoms with Gasteiger partial charge in [-0.15, -0.1) is 0 Å². The summed E-state index contributed by atoms with van der Waals surface area (Å²) in [4.78, 5) is 30.9.